The average Bonchev–Trinajstić information content (AvgIpc) is 2.30. The highest BCUT2D eigenvalue weighted by Crippen LogP contribution is 2.29. The van der Waals surface area contributed by atoms with Crippen molar-refractivity contribution in [2.75, 3.05) is 11.9 Å². The molecule has 0 radical (unpaired) electrons. The van der Waals surface area contributed by atoms with Crippen LogP contribution in [0.1, 0.15) is 6.92 Å². The number of nitrogens with one attached hydrogen (secondary N) is 1. The van der Waals surface area contributed by atoms with Gasteiger partial charge in [-0.05, 0) is 19.1 Å². The van der Waals surface area contributed by atoms with Gasteiger partial charge in [-0.25, -0.2) is 0 Å². The predicted octanol–water partition coefficient (Wildman–Crippen LogP) is 3.27. The zero-order valence-corrected chi connectivity index (χ0v) is 9.28. The highest BCUT2D eigenvalue weighted by molar-refractivity contribution is 5.94. The number of benzene rings is 1. The summed E-state index contributed by atoms with van der Waals surface area (Å²) in [4.78, 5) is 4.08. The van der Waals surface area contributed by atoms with Crippen LogP contribution >= 0.6 is 0 Å². The van der Waals surface area contributed by atoms with E-state index in [9.17, 15) is 8.78 Å². The van der Waals surface area contributed by atoms with E-state index >= 15 is 0 Å². The van der Waals surface area contributed by atoms with Gasteiger partial charge in [-0.3, -0.25) is 4.98 Å². The van der Waals surface area contributed by atoms with Gasteiger partial charge >= 0.3 is 6.61 Å². The Kier molecular flexibility index (Phi) is 3.37. The van der Waals surface area contributed by atoms with Gasteiger partial charge < -0.3 is 10.1 Å². The lowest BCUT2D eigenvalue weighted by Crippen LogP contribution is -2.03. The largest absolute Gasteiger partial charge is 0.432 e. The lowest BCUT2D eigenvalue weighted by molar-refractivity contribution is -0.0489. The number of aromatic nitrogens is 1. The summed E-state index contributed by atoms with van der Waals surface area (Å²) < 4.78 is 28.9. The molecule has 1 aromatic carbocycles. The second kappa shape index (κ2) is 4.95. The van der Waals surface area contributed by atoms with Crippen molar-refractivity contribution < 1.29 is 13.5 Å². The highest BCUT2D eigenvalue weighted by Gasteiger charge is 2.10. The Bertz CT molecular complexity index is 517. The molecule has 0 unspecified atom stereocenters. The van der Waals surface area contributed by atoms with Crippen molar-refractivity contribution in [3.05, 3.63) is 30.5 Å². The molecular weight excluding hydrogens is 226 g/mol. The van der Waals surface area contributed by atoms with E-state index in [-0.39, 0.29) is 5.75 Å². The van der Waals surface area contributed by atoms with Crippen LogP contribution in [-0.2, 0) is 0 Å². The molecule has 2 rings (SSSR count). The minimum absolute atomic E-state index is 0.0947. The molecule has 0 spiro atoms. The maximum Gasteiger partial charge on any atom is 0.387 e. The molecule has 0 saturated carbocycles. The monoisotopic (exact) mass is 238 g/mol. The summed E-state index contributed by atoms with van der Waals surface area (Å²) in [5.41, 5.74) is 1.29. The van der Waals surface area contributed by atoms with Crippen molar-refractivity contribution in [2.24, 2.45) is 0 Å². The fraction of sp³-hybridized carbons (Fsp3) is 0.250. The molecule has 5 heteroatoms. The molecule has 1 heterocycles. The number of para-hydroxylation sites is 1. The van der Waals surface area contributed by atoms with E-state index in [1.54, 1.807) is 18.3 Å². The number of nitrogens with zero attached hydrogens (tertiary/aromatic N) is 1. The number of hydrogen-bond acceptors (Lipinski definition) is 3. The second-order valence-electron chi connectivity index (χ2n) is 3.42. The number of hydrogen-bond donors (Lipinski definition) is 1. The van der Waals surface area contributed by atoms with Crippen molar-refractivity contribution in [2.45, 2.75) is 13.5 Å². The molecule has 1 aromatic heterocycles. The smallest absolute Gasteiger partial charge is 0.387 e. The fourth-order valence-electron chi connectivity index (χ4n) is 1.68. The number of alkyl halides is 2. The lowest BCUT2D eigenvalue weighted by Gasteiger charge is -2.10. The van der Waals surface area contributed by atoms with Crippen LogP contribution in [0.2, 0.25) is 0 Å². The van der Waals surface area contributed by atoms with Gasteiger partial charge in [-0.2, -0.15) is 8.78 Å². The lowest BCUT2D eigenvalue weighted by atomic mass is 10.1. The van der Waals surface area contributed by atoms with Crippen molar-refractivity contribution in [3.8, 4) is 5.75 Å². The number of ether oxygens (including phenoxy) is 1. The molecule has 17 heavy (non-hydrogen) atoms. The van der Waals surface area contributed by atoms with E-state index in [0.29, 0.717) is 5.52 Å². The third kappa shape index (κ3) is 2.43. The maximum atomic E-state index is 12.2. The van der Waals surface area contributed by atoms with Gasteiger partial charge in [0.15, 0.2) is 5.75 Å². The van der Waals surface area contributed by atoms with Gasteiger partial charge in [-0.15, -0.1) is 0 Å². The molecule has 1 N–H and O–H groups in total. The first kappa shape index (κ1) is 11.6. The molecule has 3 nitrogen and oxygen atoms in total. The van der Waals surface area contributed by atoms with Gasteiger partial charge in [0.05, 0.1) is 0 Å². The number of rotatable bonds is 4. The van der Waals surface area contributed by atoms with Crippen LogP contribution in [0.4, 0.5) is 14.5 Å². The molecule has 0 aliphatic rings. The number of anilines is 1. The van der Waals surface area contributed by atoms with Crippen LogP contribution in [0.3, 0.4) is 0 Å². The van der Waals surface area contributed by atoms with Crippen LogP contribution in [-0.4, -0.2) is 18.1 Å². The molecule has 0 atom stereocenters. The standard InChI is InChI=1S/C12H12F2N2O/c1-2-15-9-6-7-16-11-8(9)4-3-5-10(11)17-12(13)14/h3-7,12H,2H2,1H3,(H,15,16). The summed E-state index contributed by atoms with van der Waals surface area (Å²) in [5.74, 6) is 0.0947. The van der Waals surface area contributed by atoms with Gasteiger partial charge in [0.25, 0.3) is 0 Å². The van der Waals surface area contributed by atoms with E-state index in [2.05, 4.69) is 15.0 Å². The van der Waals surface area contributed by atoms with E-state index < -0.39 is 6.61 Å². The topological polar surface area (TPSA) is 34.2 Å². The van der Waals surface area contributed by atoms with Crippen molar-refractivity contribution in [1.29, 1.82) is 0 Å². The summed E-state index contributed by atoms with van der Waals surface area (Å²) >= 11 is 0. The second-order valence-corrected chi connectivity index (χ2v) is 3.42. The number of fused-ring (bicyclic) bond motifs is 1. The third-order valence-corrected chi connectivity index (χ3v) is 2.32. The van der Waals surface area contributed by atoms with Crippen molar-refractivity contribution in [3.63, 3.8) is 0 Å². The molecular formula is C12H12F2N2O. The Balaban J connectivity index is 2.53. The van der Waals surface area contributed by atoms with Crippen molar-refractivity contribution in [1.82, 2.24) is 4.98 Å². The SMILES string of the molecule is CCNc1ccnc2c(OC(F)F)cccc12. The van der Waals surface area contributed by atoms with E-state index in [1.165, 1.54) is 6.07 Å². The minimum Gasteiger partial charge on any atom is -0.432 e. The van der Waals surface area contributed by atoms with Crippen LogP contribution in [0, 0.1) is 0 Å². The summed E-state index contributed by atoms with van der Waals surface area (Å²) in [6.45, 7) is -0.129. The zero-order chi connectivity index (χ0) is 12.3. The van der Waals surface area contributed by atoms with Gasteiger partial charge in [-0.1, -0.05) is 12.1 Å². The fourth-order valence-corrected chi connectivity index (χ4v) is 1.68. The van der Waals surface area contributed by atoms with E-state index in [4.69, 9.17) is 0 Å². The third-order valence-electron chi connectivity index (χ3n) is 2.32. The molecule has 0 amide bonds. The normalized spacial score (nSPS) is 10.8. The Hall–Kier alpha value is -1.91. The van der Waals surface area contributed by atoms with Crippen LogP contribution < -0.4 is 10.1 Å². The van der Waals surface area contributed by atoms with Crippen LogP contribution in [0.15, 0.2) is 30.5 Å². The molecule has 0 aliphatic heterocycles. The molecule has 90 valence electrons. The minimum atomic E-state index is -2.84. The summed E-state index contributed by atoms with van der Waals surface area (Å²) in [7, 11) is 0. The predicted molar refractivity (Wildman–Crippen MR) is 62.5 cm³/mol. The van der Waals surface area contributed by atoms with Crippen LogP contribution in [0.25, 0.3) is 10.9 Å². The first-order chi connectivity index (χ1) is 8.22. The Morgan fingerprint density at radius 1 is 1.35 bits per heavy atom. The van der Waals surface area contributed by atoms with Gasteiger partial charge in [0.1, 0.15) is 5.52 Å². The van der Waals surface area contributed by atoms with Gasteiger partial charge in [0, 0.05) is 23.8 Å². The number of pyridine rings is 1. The highest BCUT2D eigenvalue weighted by atomic mass is 19.3. The van der Waals surface area contributed by atoms with Gasteiger partial charge in [0.2, 0.25) is 0 Å². The van der Waals surface area contributed by atoms with E-state index in [0.717, 1.165) is 17.6 Å². The molecule has 2 aromatic rings. The first-order valence-corrected chi connectivity index (χ1v) is 5.28. The Morgan fingerprint density at radius 2 is 2.18 bits per heavy atom. The molecule has 0 saturated heterocycles. The summed E-state index contributed by atoms with van der Waals surface area (Å²) in [6.07, 6.45) is 1.57. The number of halogens is 2. The average molecular weight is 238 g/mol. The Labute approximate surface area is 97.4 Å². The quantitative estimate of drug-likeness (QED) is 0.887. The summed E-state index contributed by atoms with van der Waals surface area (Å²) in [5, 5.41) is 3.92. The van der Waals surface area contributed by atoms with Crippen LogP contribution in [0.5, 0.6) is 5.75 Å². The molecule has 0 fully saturated rings. The Morgan fingerprint density at radius 3 is 2.88 bits per heavy atom. The maximum absolute atomic E-state index is 12.2. The molecule has 0 bridgehead atoms. The first-order valence-electron chi connectivity index (χ1n) is 5.28. The zero-order valence-electron chi connectivity index (χ0n) is 9.28. The summed E-state index contributed by atoms with van der Waals surface area (Å²) in [6, 6.07) is 6.77. The van der Waals surface area contributed by atoms with Crippen molar-refractivity contribution >= 4 is 16.6 Å². The molecule has 0 aliphatic carbocycles. The van der Waals surface area contributed by atoms with E-state index in [1.807, 2.05) is 13.0 Å².